The summed E-state index contributed by atoms with van der Waals surface area (Å²) in [5.74, 6) is 0.710. The second-order valence-electron chi connectivity index (χ2n) is 5.06. The molecule has 1 saturated carbocycles. The quantitative estimate of drug-likeness (QED) is 0.878. The number of amides is 2. The van der Waals surface area contributed by atoms with Gasteiger partial charge in [0.1, 0.15) is 0 Å². The van der Waals surface area contributed by atoms with Crippen molar-refractivity contribution in [2.75, 3.05) is 5.75 Å². The van der Waals surface area contributed by atoms with Crippen LogP contribution in [0.1, 0.15) is 37.5 Å². The van der Waals surface area contributed by atoms with E-state index in [1.54, 1.807) is 11.3 Å². The van der Waals surface area contributed by atoms with Crippen molar-refractivity contribution < 1.29 is 9.00 Å². The fourth-order valence-electron chi connectivity index (χ4n) is 2.57. The number of thiophene rings is 1. The molecule has 1 aromatic rings. The fraction of sp³-hybridized carbons (Fsp3) is 0.643. The van der Waals surface area contributed by atoms with Gasteiger partial charge in [-0.15, -0.1) is 11.3 Å². The molecule has 2 amide bonds. The van der Waals surface area contributed by atoms with Crippen molar-refractivity contribution in [3.63, 3.8) is 0 Å². The Balaban J connectivity index is 1.74. The van der Waals surface area contributed by atoms with E-state index in [4.69, 9.17) is 0 Å². The first-order valence-corrected chi connectivity index (χ1v) is 9.39. The Kier molecular flexibility index (Phi) is 6.04. The third kappa shape index (κ3) is 4.59. The van der Waals surface area contributed by atoms with E-state index in [1.807, 2.05) is 24.4 Å². The van der Waals surface area contributed by atoms with Crippen LogP contribution in [-0.4, -0.2) is 27.3 Å². The van der Waals surface area contributed by atoms with Gasteiger partial charge in [-0.2, -0.15) is 0 Å². The SMILES string of the molecule is CC[S@](=O)[C@@H]1CCC[C@H](NC(=O)NCc2cccs2)C1. The van der Waals surface area contributed by atoms with E-state index >= 15 is 0 Å². The molecule has 4 nitrogen and oxygen atoms in total. The minimum atomic E-state index is -0.747. The van der Waals surface area contributed by atoms with Gasteiger partial charge in [0, 0.05) is 32.7 Å². The summed E-state index contributed by atoms with van der Waals surface area (Å²) in [6.45, 7) is 2.53. The lowest BCUT2D eigenvalue weighted by atomic mass is 9.95. The molecule has 112 valence electrons. The predicted molar refractivity (Wildman–Crippen MR) is 84.4 cm³/mol. The Labute approximate surface area is 126 Å². The standard InChI is InChI=1S/C14H22N2O2S2/c1-2-20(18)13-7-3-5-11(9-13)16-14(17)15-10-12-6-4-8-19-12/h4,6,8,11,13H,2-3,5,7,9-10H2,1H3,(H2,15,16,17)/t11-,13+,20-/m0/s1. The van der Waals surface area contributed by atoms with Gasteiger partial charge in [0.2, 0.25) is 0 Å². The van der Waals surface area contributed by atoms with Crippen molar-refractivity contribution in [2.24, 2.45) is 0 Å². The first-order chi connectivity index (χ1) is 9.69. The monoisotopic (exact) mass is 314 g/mol. The van der Waals surface area contributed by atoms with E-state index in [1.165, 1.54) is 0 Å². The summed E-state index contributed by atoms with van der Waals surface area (Å²) in [5, 5.41) is 8.13. The van der Waals surface area contributed by atoms with Gasteiger partial charge in [0.25, 0.3) is 0 Å². The average Bonchev–Trinajstić information content (AvgIpc) is 2.98. The number of carbonyl (C=O) groups excluding carboxylic acids is 1. The third-order valence-electron chi connectivity index (χ3n) is 3.62. The molecule has 0 saturated heterocycles. The molecule has 2 rings (SSSR count). The van der Waals surface area contributed by atoms with Crippen LogP contribution in [0.15, 0.2) is 17.5 Å². The van der Waals surface area contributed by atoms with Crippen LogP contribution in [-0.2, 0) is 17.3 Å². The molecule has 0 bridgehead atoms. The zero-order chi connectivity index (χ0) is 14.4. The van der Waals surface area contributed by atoms with Crippen LogP contribution in [0.4, 0.5) is 4.79 Å². The minimum Gasteiger partial charge on any atom is -0.335 e. The lowest BCUT2D eigenvalue weighted by Gasteiger charge is -2.29. The second-order valence-corrected chi connectivity index (χ2v) is 8.10. The van der Waals surface area contributed by atoms with Gasteiger partial charge in [-0.25, -0.2) is 4.79 Å². The van der Waals surface area contributed by atoms with Crippen molar-refractivity contribution in [3.8, 4) is 0 Å². The van der Waals surface area contributed by atoms with Gasteiger partial charge in [-0.1, -0.05) is 19.4 Å². The molecule has 0 unspecified atom stereocenters. The molecule has 0 aliphatic heterocycles. The summed E-state index contributed by atoms with van der Waals surface area (Å²) < 4.78 is 11.9. The molecule has 1 aliphatic rings. The zero-order valence-electron chi connectivity index (χ0n) is 11.8. The molecule has 3 atom stereocenters. The molecule has 1 heterocycles. The van der Waals surface area contributed by atoms with Crippen LogP contribution < -0.4 is 10.6 Å². The Morgan fingerprint density at radius 3 is 3.05 bits per heavy atom. The van der Waals surface area contributed by atoms with E-state index in [2.05, 4.69) is 10.6 Å². The van der Waals surface area contributed by atoms with Crippen LogP contribution in [0, 0.1) is 0 Å². The van der Waals surface area contributed by atoms with Gasteiger partial charge < -0.3 is 10.6 Å². The Hall–Kier alpha value is -0.880. The van der Waals surface area contributed by atoms with E-state index in [9.17, 15) is 9.00 Å². The normalized spacial score (nSPS) is 24.1. The highest BCUT2D eigenvalue weighted by atomic mass is 32.2. The van der Waals surface area contributed by atoms with Gasteiger partial charge >= 0.3 is 6.03 Å². The highest BCUT2D eigenvalue weighted by molar-refractivity contribution is 7.85. The average molecular weight is 314 g/mol. The highest BCUT2D eigenvalue weighted by Gasteiger charge is 2.26. The van der Waals surface area contributed by atoms with Gasteiger partial charge in [0.15, 0.2) is 0 Å². The van der Waals surface area contributed by atoms with Crippen LogP contribution in [0.5, 0.6) is 0 Å². The van der Waals surface area contributed by atoms with Gasteiger partial charge in [-0.3, -0.25) is 4.21 Å². The molecule has 20 heavy (non-hydrogen) atoms. The fourth-order valence-corrected chi connectivity index (χ4v) is 4.56. The summed E-state index contributed by atoms with van der Waals surface area (Å²) in [4.78, 5) is 13.0. The number of nitrogens with one attached hydrogen (secondary N) is 2. The zero-order valence-corrected chi connectivity index (χ0v) is 13.4. The summed E-state index contributed by atoms with van der Waals surface area (Å²) in [6, 6.07) is 4.02. The molecular weight excluding hydrogens is 292 g/mol. The first-order valence-electron chi connectivity index (χ1n) is 7.13. The minimum absolute atomic E-state index is 0.119. The smallest absolute Gasteiger partial charge is 0.315 e. The molecular formula is C14H22N2O2S2. The van der Waals surface area contributed by atoms with Crippen molar-refractivity contribution in [3.05, 3.63) is 22.4 Å². The maximum Gasteiger partial charge on any atom is 0.315 e. The van der Waals surface area contributed by atoms with E-state index in [0.29, 0.717) is 12.3 Å². The largest absolute Gasteiger partial charge is 0.335 e. The molecule has 0 aromatic carbocycles. The summed E-state index contributed by atoms with van der Waals surface area (Å²) in [5.41, 5.74) is 0. The van der Waals surface area contributed by atoms with Crippen molar-refractivity contribution >= 4 is 28.2 Å². The number of carbonyl (C=O) groups is 1. The molecule has 0 radical (unpaired) electrons. The second kappa shape index (κ2) is 7.78. The molecule has 1 fully saturated rings. The van der Waals surface area contributed by atoms with Crippen LogP contribution in [0.3, 0.4) is 0 Å². The predicted octanol–water partition coefficient (Wildman–Crippen LogP) is 2.63. The Morgan fingerprint density at radius 1 is 1.50 bits per heavy atom. The van der Waals surface area contributed by atoms with Crippen LogP contribution >= 0.6 is 11.3 Å². The lowest BCUT2D eigenvalue weighted by Crippen LogP contribution is -2.45. The van der Waals surface area contributed by atoms with Crippen molar-refractivity contribution in [2.45, 2.75) is 50.4 Å². The third-order valence-corrected chi connectivity index (χ3v) is 6.24. The summed E-state index contributed by atoms with van der Waals surface area (Å²) >= 11 is 1.64. The van der Waals surface area contributed by atoms with E-state index in [0.717, 1.165) is 30.6 Å². The lowest BCUT2D eigenvalue weighted by molar-refractivity contribution is 0.232. The van der Waals surface area contributed by atoms with Crippen molar-refractivity contribution in [1.82, 2.24) is 10.6 Å². The molecule has 1 aromatic heterocycles. The molecule has 1 aliphatic carbocycles. The van der Waals surface area contributed by atoms with Crippen molar-refractivity contribution in [1.29, 1.82) is 0 Å². The number of rotatable bonds is 5. The topological polar surface area (TPSA) is 58.2 Å². The number of urea groups is 1. The number of hydrogen-bond acceptors (Lipinski definition) is 3. The van der Waals surface area contributed by atoms with Gasteiger partial charge in [0.05, 0.1) is 6.54 Å². The number of hydrogen-bond donors (Lipinski definition) is 2. The Morgan fingerprint density at radius 2 is 2.35 bits per heavy atom. The maximum atomic E-state index is 11.9. The van der Waals surface area contributed by atoms with Gasteiger partial charge in [-0.05, 0) is 30.7 Å². The van der Waals surface area contributed by atoms with Crippen LogP contribution in [0.2, 0.25) is 0 Å². The molecule has 0 spiro atoms. The Bertz CT molecular complexity index is 448. The molecule has 2 N–H and O–H groups in total. The summed E-state index contributed by atoms with van der Waals surface area (Å²) in [7, 11) is -0.747. The molecule has 6 heteroatoms. The first kappa shape index (κ1) is 15.5. The van der Waals surface area contributed by atoms with E-state index < -0.39 is 10.8 Å². The maximum absolute atomic E-state index is 11.9. The van der Waals surface area contributed by atoms with Crippen LogP contribution in [0.25, 0.3) is 0 Å². The highest BCUT2D eigenvalue weighted by Crippen LogP contribution is 2.22. The van der Waals surface area contributed by atoms with E-state index in [-0.39, 0.29) is 17.3 Å². The summed E-state index contributed by atoms with van der Waals surface area (Å²) in [6.07, 6.45) is 3.90.